The van der Waals surface area contributed by atoms with Crippen LogP contribution in [0, 0.1) is 11.8 Å². The van der Waals surface area contributed by atoms with Gasteiger partial charge < -0.3 is 31.3 Å². The summed E-state index contributed by atoms with van der Waals surface area (Å²) in [6.07, 6.45) is 12.6. The van der Waals surface area contributed by atoms with Crippen LogP contribution in [0.25, 0.3) is 0 Å². The van der Waals surface area contributed by atoms with Gasteiger partial charge in [0.1, 0.15) is 5.82 Å². The number of carboxylic acids is 1. The number of nitrogen functional groups attached to an aromatic ring is 1. The lowest BCUT2D eigenvalue weighted by atomic mass is 9.86. The quantitative estimate of drug-likeness (QED) is 0.132. The molecule has 38 heavy (non-hydrogen) atoms. The third kappa shape index (κ3) is 11.6. The molecule has 0 amide bonds. The molecule has 0 aliphatic heterocycles. The summed E-state index contributed by atoms with van der Waals surface area (Å²) < 4.78 is 0. The van der Waals surface area contributed by atoms with E-state index in [2.05, 4.69) is 11.9 Å². The third-order valence-corrected chi connectivity index (χ3v) is 8.29. The molecule has 1 heterocycles. The summed E-state index contributed by atoms with van der Waals surface area (Å²) >= 11 is 0. The van der Waals surface area contributed by atoms with E-state index in [1.807, 2.05) is 6.07 Å². The number of nitrogens with zero attached hydrogens (tertiary/aromatic N) is 1. The predicted molar refractivity (Wildman–Crippen MR) is 149 cm³/mol. The Hall–Kier alpha value is -1.74. The number of carboxylic acid groups (broad SMARTS) is 1. The van der Waals surface area contributed by atoms with E-state index in [1.54, 1.807) is 12.3 Å². The van der Waals surface area contributed by atoms with Gasteiger partial charge in [0.25, 0.3) is 0 Å². The molecule has 6 atom stereocenters. The fourth-order valence-electron chi connectivity index (χ4n) is 5.94. The SMILES string of the molecule is CCCCCCC[C@H](O)CCCCCC[C@H](C(=O)O)[C@H](O)CC[C@@]1(O)C[C@@H](Cc2ccnc(N)c2)C[C@H]1O. The number of aliphatic carboxylic acids is 1. The number of aliphatic hydroxyl groups excluding tert-OH is 3. The topological polar surface area (TPSA) is 157 Å². The van der Waals surface area contributed by atoms with Gasteiger partial charge in [-0.1, -0.05) is 64.7 Å². The van der Waals surface area contributed by atoms with E-state index in [-0.39, 0.29) is 24.9 Å². The van der Waals surface area contributed by atoms with Crippen molar-refractivity contribution >= 4 is 11.8 Å². The highest BCUT2D eigenvalue weighted by atomic mass is 16.4. The van der Waals surface area contributed by atoms with Crippen LogP contribution in [0.15, 0.2) is 18.3 Å². The maximum Gasteiger partial charge on any atom is 0.309 e. The Labute approximate surface area is 228 Å². The summed E-state index contributed by atoms with van der Waals surface area (Å²) in [5.41, 5.74) is 5.42. The first-order chi connectivity index (χ1) is 18.1. The normalized spacial score (nSPS) is 23.8. The van der Waals surface area contributed by atoms with Crippen LogP contribution in [0.1, 0.15) is 115 Å². The van der Waals surface area contributed by atoms with Gasteiger partial charge in [-0.15, -0.1) is 0 Å². The Bertz CT molecular complexity index is 809. The molecule has 8 nitrogen and oxygen atoms in total. The van der Waals surface area contributed by atoms with Gasteiger partial charge in [0, 0.05) is 6.20 Å². The minimum Gasteiger partial charge on any atom is -0.481 e. The number of hydrogen-bond acceptors (Lipinski definition) is 7. The average Bonchev–Trinajstić information content (AvgIpc) is 3.14. The first-order valence-corrected chi connectivity index (χ1v) is 14.8. The van der Waals surface area contributed by atoms with Crippen LogP contribution in [0.4, 0.5) is 5.82 Å². The van der Waals surface area contributed by atoms with Crippen molar-refractivity contribution in [3.63, 3.8) is 0 Å². The van der Waals surface area contributed by atoms with E-state index >= 15 is 0 Å². The monoisotopic (exact) mass is 536 g/mol. The van der Waals surface area contributed by atoms with Crippen molar-refractivity contribution in [1.29, 1.82) is 0 Å². The van der Waals surface area contributed by atoms with E-state index in [9.17, 15) is 30.3 Å². The summed E-state index contributed by atoms with van der Waals surface area (Å²) in [5.74, 6) is -1.40. The van der Waals surface area contributed by atoms with Crippen LogP contribution in [0.2, 0.25) is 0 Å². The molecule has 0 radical (unpaired) electrons. The van der Waals surface area contributed by atoms with E-state index in [1.165, 1.54) is 25.7 Å². The number of aliphatic hydroxyl groups is 4. The summed E-state index contributed by atoms with van der Waals surface area (Å²) in [4.78, 5) is 15.8. The second-order valence-corrected chi connectivity index (χ2v) is 11.6. The van der Waals surface area contributed by atoms with Crippen LogP contribution < -0.4 is 5.73 Å². The molecule has 2 rings (SSSR count). The fourth-order valence-corrected chi connectivity index (χ4v) is 5.94. The number of unbranched alkanes of at least 4 members (excludes halogenated alkanes) is 7. The minimum atomic E-state index is -1.33. The maximum absolute atomic E-state index is 11.8. The van der Waals surface area contributed by atoms with Crippen molar-refractivity contribution in [2.24, 2.45) is 11.8 Å². The highest BCUT2D eigenvalue weighted by Gasteiger charge is 2.45. The smallest absolute Gasteiger partial charge is 0.309 e. The number of carbonyl (C=O) groups is 1. The minimum absolute atomic E-state index is 0.0730. The third-order valence-electron chi connectivity index (χ3n) is 8.29. The van der Waals surface area contributed by atoms with E-state index in [0.29, 0.717) is 37.9 Å². The molecule has 8 heteroatoms. The van der Waals surface area contributed by atoms with Gasteiger partial charge in [-0.2, -0.15) is 0 Å². The fraction of sp³-hybridized carbons (Fsp3) is 0.800. The van der Waals surface area contributed by atoms with Crippen LogP contribution in [0.3, 0.4) is 0 Å². The number of pyridine rings is 1. The molecule has 0 bridgehead atoms. The lowest BCUT2D eigenvalue weighted by Crippen LogP contribution is -2.39. The van der Waals surface area contributed by atoms with Crippen molar-refractivity contribution < 1.29 is 30.3 Å². The van der Waals surface area contributed by atoms with Crippen LogP contribution in [0.5, 0.6) is 0 Å². The predicted octanol–water partition coefficient (Wildman–Crippen LogP) is 4.61. The first kappa shape index (κ1) is 32.5. The largest absolute Gasteiger partial charge is 0.481 e. The second kappa shape index (κ2) is 17.1. The Kier molecular flexibility index (Phi) is 14.6. The molecule has 0 saturated heterocycles. The Morgan fingerprint density at radius 1 is 1.05 bits per heavy atom. The van der Waals surface area contributed by atoms with Gasteiger partial charge in [0.05, 0.1) is 29.8 Å². The van der Waals surface area contributed by atoms with Gasteiger partial charge in [-0.05, 0) is 75.0 Å². The average molecular weight is 537 g/mol. The molecule has 1 aromatic heterocycles. The Morgan fingerprint density at radius 3 is 2.29 bits per heavy atom. The molecule has 0 spiro atoms. The van der Waals surface area contributed by atoms with Crippen molar-refractivity contribution in [1.82, 2.24) is 4.98 Å². The molecule has 218 valence electrons. The second-order valence-electron chi connectivity index (χ2n) is 11.6. The van der Waals surface area contributed by atoms with Crippen LogP contribution in [-0.4, -0.2) is 60.4 Å². The zero-order valence-corrected chi connectivity index (χ0v) is 23.3. The summed E-state index contributed by atoms with van der Waals surface area (Å²) in [6, 6.07) is 3.67. The number of hydrogen-bond donors (Lipinski definition) is 6. The van der Waals surface area contributed by atoms with Gasteiger partial charge in [-0.3, -0.25) is 4.79 Å². The molecule has 7 N–H and O–H groups in total. The summed E-state index contributed by atoms with van der Waals surface area (Å²) in [5, 5.41) is 52.1. The molecule has 1 aromatic rings. The van der Waals surface area contributed by atoms with Gasteiger partial charge in [0.2, 0.25) is 0 Å². The summed E-state index contributed by atoms with van der Waals surface area (Å²) in [7, 11) is 0. The Morgan fingerprint density at radius 2 is 1.68 bits per heavy atom. The molecule has 0 unspecified atom stereocenters. The summed E-state index contributed by atoms with van der Waals surface area (Å²) in [6.45, 7) is 2.19. The van der Waals surface area contributed by atoms with Crippen molar-refractivity contribution in [3.05, 3.63) is 23.9 Å². The van der Waals surface area contributed by atoms with E-state index in [0.717, 1.165) is 44.1 Å². The zero-order valence-electron chi connectivity index (χ0n) is 23.3. The van der Waals surface area contributed by atoms with Gasteiger partial charge >= 0.3 is 5.97 Å². The molecular weight excluding hydrogens is 484 g/mol. The molecule has 0 aromatic carbocycles. The lowest BCUT2D eigenvalue weighted by molar-refractivity contribution is -0.147. The maximum atomic E-state index is 11.8. The number of nitrogens with two attached hydrogens (primary N) is 1. The van der Waals surface area contributed by atoms with Crippen LogP contribution >= 0.6 is 0 Å². The molecule has 1 saturated carbocycles. The van der Waals surface area contributed by atoms with Crippen LogP contribution in [-0.2, 0) is 11.2 Å². The molecular formula is C30H52N2O6. The molecule has 1 aliphatic rings. The van der Waals surface area contributed by atoms with Crippen molar-refractivity contribution in [2.75, 3.05) is 5.73 Å². The zero-order chi connectivity index (χ0) is 28.0. The highest BCUT2D eigenvalue weighted by molar-refractivity contribution is 5.70. The van der Waals surface area contributed by atoms with Crippen molar-refractivity contribution in [2.45, 2.75) is 140 Å². The number of aromatic nitrogens is 1. The lowest BCUT2D eigenvalue weighted by Gasteiger charge is -2.29. The van der Waals surface area contributed by atoms with E-state index in [4.69, 9.17) is 5.73 Å². The first-order valence-electron chi connectivity index (χ1n) is 14.8. The van der Waals surface area contributed by atoms with Gasteiger partial charge in [-0.25, -0.2) is 4.98 Å². The standard InChI is InChI=1S/C30H52N2O6/c1-2-3-4-5-8-11-24(33)12-9-6-7-10-13-25(29(36)37)26(34)14-16-30(38)21-23(19-27(30)35)18-22-15-17-32-28(31)20-22/h15,17,20,23-27,33-35,38H,2-14,16,18-19,21H2,1H3,(H2,31,32)(H,36,37)/t23-,24-,25-,26+,27+,30+/m0/s1. The van der Waals surface area contributed by atoms with Gasteiger partial charge in [0.15, 0.2) is 0 Å². The number of rotatable bonds is 20. The number of anilines is 1. The Balaban J connectivity index is 1.67. The van der Waals surface area contributed by atoms with Crippen molar-refractivity contribution in [3.8, 4) is 0 Å². The molecule has 1 fully saturated rings. The molecule has 1 aliphatic carbocycles. The van der Waals surface area contributed by atoms with E-state index < -0.39 is 29.7 Å². The highest BCUT2D eigenvalue weighted by Crippen LogP contribution is 2.40.